The van der Waals surface area contributed by atoms with E-state index in [4.69, 9.17) is 27.6 Å². The molecule has 154 valence electrons. The van der Waals surface area contributed by atoms with Crippen LogP contribution in [0.2, 0.25) is 10.0 Å². The molecule has 0 unspecified atom stereocenters. The summed E-state index contributed by atoms with van der Waals surface area (Å²) in [6.45, 7) is 2.43. The maximum Gasteiger partial charge on any atom is 0.267 e. The van der Waals surface area contributed by atoms with E-state index in [0.29, 0.717) is 39.2 Å². The van der Waals surface area contributed by atoms with Gasteiger partial charge in [-0.15, -0.1) is 0 Å². The van der Waals surface area contributed by atoms with Gasteiger partial charge >= 0.3 is 0 Å². The van der Waals surface area contributed by atoms with Gasteiger partial charge in [-0.1, -0.05) is 48.3 Å². The molecule has 0 saturated carbocycles. The molecule has 5 nitrogen and oxygen atoms in total. The highest BCUT2D eigenvalue weighted by Gasteiger charge is 2.16. The first-order valence-corrected chi connectivity index (χ1v) is 10.1. The van der Waals surface area contributed by atoms with Crippen molar-refractivity contribution in [3.05, 3.63) is 87.7 Å². The lowest BCUT2D eigenvalue weighted by Crippen LogP contribution is -2.35. The first kappa shape index (κ1) is 21.7. The smallest absolute Gasteiger partial charge is 0.267 e. The van der Waals surface area contributed by atoms with Crippen molar-refractivity contribution in [2.24, 2.45) is 0 Å². The summed E-state index contributed by atoms with van der Waals surface area (Å²) >= 11 is 12.2. The van der Waals surface area contributed by atoms with Crippen molar-refractivity contribution in [2.45, 2.75) is 13.3 Å². The third-order valence-electron chi connectivity index (χ3n) is 4.17. The molecule has 2 N–H and O–H groups in total. The van der Waals surface area contributed by atoms with E-state index in [1.807, 2.05) is 13.0 Å². The van der Waals surface area contributed by atoms with Crippen LogP contribution in [-0.4, -0.2) is 18.4 Å². The van der Waals surface area contributed by atoms with Crippen LogP contribution in [0.4, 0.5) is 0 Å². The van der Waals surface area contributed by atoms with Crippen molar-refractivity contribution in [1.82, 2.24) is 10.6 Å². The second kappa shape index (κ2) is 10.1. The van der Waals surface area contributed by atoms with Crippen molar-refractivity contribution in [1.29, 1.82) is 0 Å². The number of amides is 2. The van der Waals surface area contributed by atoms with E-state index in [-0.39, 0.29) is 11.6 Å². The molecule has 30 heavy (non-hydrogen) atoms. The summed E-state index contributed by atoms with van der Waals surface area (Å²) in [4.78, 5) is 25.1. The molecule has 7 heteroatoms. The highest BCUT2D eigenvalue weighted by molar-refractivity contribution is 6.36. The zero-order valence-corrected chi connectivity index (χ0v) is 17.8. The minimum atomic E-state index is -0.399. The lowest BCUT2D eigenvalue weighted by molar-refractivity contribution is -0.117. The molecule has 0 fully saturated rings. The Morgan fingerprint density at radius 1 is 1.03 bits per heavy atom. The zero-order chi connectivity index (χ0) is 21.5. The van der Waals surface area contributed by atoms with Gasteiger partial charge in [0.2, 0.25) is 0 Å². The average Bonchev–Trinajstić information content (AvgIpc) is 3.20. The van der Waals surface area contributed by atoms with Crippen LogP contribution in [0.25, 0.3) is 17.4 Å². The molecule has 0 aliphatic carbocycles. The van der Waals surface area contributed by atoms with Gasteiger partial charge in [-0.2, -0.15) is 0 Å². The number of hydrogen-bond acceptors (Lipinski definition) is 3. The van der Waals surface area contributed by atoms with Crippen molar-refractivity contribution in [2.75, 3.05) is 6.54 Å². The van der Waals surface area contributed by atoms with E-state index in [9.17, 15) is 9.59 Å². The molecule has 0 spiro atoms. The number of benzene rings is 2. The molecule has 3 aromatic rings. The lowest BCUT2D eigenvalue weighted by atomic mass is 10.2. The fraction of sp³-hybridized carbons (Fsp3) is 0.130. The van der Waals surface area contributed by atoms with Crippen molar-refractivity contribution < 1.29 is 14.0 Å². The second-order valence-corrected chi connectivity index (χ2v) is 7.30. The molecule has 0 aliphatic rings. The Morgan fingerprint density at radius 2 is 1.80 bits per heavy atom. The second-order valence-electron chi connectivity index (χ2n) is 6.46. The van der Waals surface area contributed by atoms with Gasteiger partial charge < -0.3 is 15.1 Å². The third-order valence-corrected chi connectivity index (χ3v) is 4.72. The number of furan rings is 1. The van der Waals surface area contributed by atoms with Crippen LogP contribution in [0.1, 0.15) is 29.5 Å². The Morgan fingerprint density at radius 3 is 2.50 bits per heavy atom. The first-order valence-electron chi connectivity index (χ1n) is 9.39. The molecule has 1 heterocycles. The summed E-state index contributed by atoms with van der Waals surface area (Å²) in [5.41, 5.74) is 1.20. The van der Waals surface area contributed by atoms with Crippen LogP contribution in [0.5, 0.6) is 0 Å². The van der Waals surface area contributed by atoms with Gasteiger partial charge in [-0.05, 0) is 48.9 Å². The van der Waals surface area contributed by atoms with Crippen molar-refractivity contribution in [3.8, 4) is 11.3 Å². The minimum absolute atomic E-state index is 0.0837. The summed E-state index contributed by atoms with van der Waals surface area (Å²) in [5, 5.41) is 6.40. The van der Waals surface area contributed by atoms with Crippen LogP contribution in [-0.2, 0) is 4.79 Å². The van der Waals surface area contributed by atoms with Crippen LogP contribution >= 0.6 is 23.2 Å². The van der Waals surface area contributed by atoms with Crippen LogP contribution in [0.3, 0.4) is 0 Å². The van der Waals surface area contributed by atoms with Gasteiger partial charge in [-0.25, -0.2) is 0 Å². The maximum atomic E-state index is 12.6. The largest absolute Gasteiger partial charge is 0.457 e. The Labute approximate surface area is 184 Å². The fourth-order valence-corrected chi connectivity index (χ4v) is 3.18. The molecule has 1 aromatic heterocycles. The van der Waals surface area contributed by atoms with Gasteiger partial charge in [0.25, 0.3) is 11.8 Å². The molecule has 0 aliphatic heterocycles. The molecule has 3 rings (SSSR count). The Kier molecular flexibility index (Phi) is 7.33. The normalized spacial score (nSPS) is 11.2. The molecule has 0 saturated heterocycles. The van der Waals surface area contributed by atoms with E-state index in [2.05, 4.69) is 10.6 Å². The van der Waals surface area contributed by atoms with Crippen LogP contribution in [0.15, 0.2) is 70.8 Å². The average molecular weight is 443 g/mol. The van der Waals surface area contributed by atoms with Crippen LogP contribution in [0, 0.1) is 0 Å². The molecule has 0 radical (unpaired) electrons. The monoisotopic (exact) mass is 442 g/mol. The summed E-state index contributed by atoms with van der Waals surface area (Å²) in [7, 11) is 0. The number of carbonyl (C=O) groups excluding carboxylic acids is 2. The Bertz CT molecular complexity index is 1080. The molecule has 0 atom stereocenters. The highest BCUT2D eigenvalue weighted by Crippen LogP contribution is 2.31. The molecule has 0 bridgehead atoms. The van der Waals surface area contributed by atoms with Crippen molar-refractivity contribution in [3.63, 3.8) is 0 Å². The zero-order valence-electron chi connectivity index (χ0n) is 16.2. The van der Waals surface area contributed by atoms with E-state index < -0.39 is 5.91 Å². The number of nitrogens with one attached hydrogen (secondary N) is 2. The summed E-state index contributed by atoms with van der Waals surface area (Å²) in [6, 6.07) is 17.2. The molecular formula is C23H20Cl2N2O3. The van der Waals surface area contributed by atoms with E-state index in [1.54, 1.807) is 54.6 Å². The predicted octanol–water partition coefficient (Wildman–Crippen LogP) is 5.55. The van der Waals surface area contributed by atoms with Crippen LogP contribution < -0.4 is 10.6 Å². The third kappa shape index (κ3) is 5.53. The summed E-state index contributed by atoms with van der Waals surface area (Å²) in [5.74, 6) is 0.126. The molecule has 2 aromatic carbocycles. The fourth-order valence-electron chi connectivity index (χ4n) is 2.68. The number of halogens is 2. The van der Waals surface area contributed by atoms with E-state index in [0.717, 1.165) is 6.42 Å². The SMILES string of the molecule is CCCNC(=O)C(=Cc1ccc(-c2ccc(Cl)cc2Cl)o1)NC(=O)c1ccccc1. The van der Waals surface area contributed by atoms with Gasteiger partial charge in [0.15, 0.2) is 0 Å². The Hall–Kier alpha value is -3.02. The first-order chi connectivity index (χ1) is 14.5. The van der Waals surface area contributed by atoms with Gasteiger partial charge in [0, 0.05) is 28.8 Å². The lowest BCUT2D eigenvalue weighted by Gasteiger charge is -2.10. The Balaban J connectivity index is 1.88. The number of hydrogen-bond donors (Lipinski definition) is 2. The molecule has 2 amide bonds. The van der Waals surface area contributed by atoms with Gasteiger partial charge in [0.05, 0.1) is 5.02 Å². The van der Waals surface area contributed by atoms with Crippen molar-refractivity contribution >= 4 is 41.1 Å². The highest BCUT2D eigenvalue weighted by atomic mass is 35.5. The summed E-state index contributed by atoms with van der Waals surface area (Å²) < 4.78 is 5.83. The number of rotatable bonds is 7. The van der Waals surface area contributed by atoms with Gasteiger partial charge in [0.1, 0.15) is 17.2 Å². The predicted molar refractivity (Wildman–Crippen MR) is 119 cm³/mol. The maximum absolute atomic E-state index is 12.6. The topological polar surface area (TPSA) is 71.3 Å². The van der Waals surface area contributed by atoms with E-state index in [1.165, 1.54) is 6.08 Å². The van der Waals surface area contributed by atoms with Gasteiger partial charge in [-0.3, -0.25) is 9.59 Å². The number of carbonyl (C=O) groups is 2. The van der Waals surface area contributed by atoms with E-state index >= 15 is 0 Å². The molecular weight excluding hydrogens is 423 g/mol. The standard InChI is InChI=1S/C23H20Cl2N2O3/c1-2-12-26-23(29)20(27-22(28)15-6-4-3-5-7-15)14-17-9-11-21(30-17)18-10-8-16(24)13-19(18)25/h3-11,13-14H,2,12H2,1H3,(H,26,29)(H,27,28). The quantitative estimate of drug-likeness (QED) is 0.471. The summed E-state index contributed by atoms with van der Waals surface area (Å²) in [6.07, 6.45) is 2.25. The minimum Gasteiger partial charge on any atom is -0.457 e.